The van der Waals surface area contributed by atoms with Gasteiger partial charge in [-0.15, -0.1) is 11.8 Å². The Hall–Kier alpha value is -1.36. The van der Waals surface area contributed by atoms with Crippen LogP contribution < -0.4 is 11.1 Å². The third-order valence-corrected chi connectivity index (χ3v) is 5.01. The van der Waals surface area contributed by atoms with Crippen LogP contribution in [0.4, 0.5) is 16.2 Å². The van der Waals surface area contributed by atoms with Gasteiger partial charge >= 0.3 is 6.03 Å². The Bertz CT molecular complexity index is 484. The molecule has 3 N–H and O–H groups in total. The number of thioether (sulfide) groups is 1. The molecule has 0 bridgehead atoms. The predicted molar refractivity (Wildman–Crippen MR) is 90.9 cm³/mol. The number of nitrogens with one attached hydrogen (secondary N) is 1. The molecule has 0 radical (unpaired) electrons. The van der Waals surface area contributed by atoms with E-state index < -0.39 is 0 Å². The Morgan fingerprint density at radius 2 is 2.14 bits per heavy atom. The number of nitrogens with zero attached hydrogens (tertiary/aromatic N) is 1. The van der Waals surface area contributed by atoms with Crippen LogP contribution in [0.3, 0.4) is 0 Å². The molecule has 1 aromatic rings. The zero-order chi connectivity index (χ0) is 15.2. The van der Waals surface area contributed by atoms with E-state index in [9.17, 15) is 4.79 Å². The monoisotopic (exact) mass is 307 g/mol. The molecule has 1 saturated heterocycles. The number of amides is 2. The molecule has 0 aromatic heterocycles. The number of urea groups is 1. The Morgan fingerprint density at radius 3 is 2.81 bits per heavy atom. The van der Waals surface area contributed by atoms with Crippen molar-refractivity contribution in [2.75, 3.05) is 29.9 Å². The van der Waals surface area contributed by atoms with Crippen LogP contribution in [-0.4, -0.2) is 29.8 Å². The number of rotatable bonds is 4. The smallest absolute Gasteiger partial charge is 0.321 e. The topological polar surface area (TPSA) is 58.4 Å². The average Bonchev–Trinajstić information content (AvgIpc) is 2.48. The molecule has 0 unspecified atom stereocenters. The number of nitrogens with two attached hydrogens (primary N) is 1. The summed E-state index contributed by atoms with van der Waals surface area (Å²) in [5, 5.41) is 2.96. The first kappa shape index (κ1) is 16.0. The average molecular weight is 307 g/mol. The largest absolute Gasteiger partial charge is 0.397 e. The first-order valence-electron chi connectivity index (χ1n) is 7.68. The Morgan fingerprint density at radius 1 is 1.43 bits per heavy atom. The highest BCUT2D eigenvalue weighted by atomic mass is 32.2. The van der Waals surface area contributed by atoms with Crippen LogP contribution in [0.25, 0.3) is 0 Å². The maximum Gasteiger partial charge on any atom is 0.321 e. The number of nitrogen functional groups attached to an aromatic ring is 1. The lowest BCUT2D eigenvalue weighted by Crippen LogP contribution is -2.40. The predicted octanol–water partition coefficient (Wildman–Crippen LogP) is 4.03. The summed E-state index contributed by atoms with van der Waals surface area (Å²) in [6, 6.07) is 5.81. The van der Waals surface area contributed by atoms with Crippen LogP contribution in [0.1, 0.15) is 33.1 Å². The summed E-state index contributed by atoms with van der Waals surface area (Å²) in [6.45, 7) is 6.06. The lowest BCUT2D eigenvalue weighted by molar-refractivity contribution is 0.186. The van der Waals surface area contributed by atoms with Gasteiger partial charge in [0.15, 0.2) is 0 Å². The van der Waals surface area contributed by atoms with Gasteiger partial charge in [-0.25, -0.2) is 4.79 Å². The minimum Gasteiger partial charge on any atom is -0.397 e. The zero-order valence-corrected chi connectivity index (χ0v) is 13.7. The van der Waals surface area contributed by atoms with Crippen molar-refractivity contribution in [2.45, 2.75) is 38.0 Å². The molecule has 1 fully saturated rings. The first-order chi connectivity index (χ1) is 10.1. The molecule has 1 aliphatic heterocycles. The van der Waals surface area contributed by atoms with Crippen LogP contribution in [0, 0.1) is 5.92 Å². The van der Waals surface area contributed by atoms with Gasteiger partial charge in [-0.3, -0.25) is 0 Å². The summed E-state index contributed by atoms with van der Waals surface area (Å²) < 4.78 is 0. The van der Waals surface area contributed by atoms with Gasteiger partial charge < -0.3 is 16.0 Å². The van der Waals surface area contributed by atoms with Crippen molar-refractivity contribution in [2.24, 2.45) is 5.92 Å². The second-order valence-corrected chi connectivity index (χ2v) is 6.87. The van der Waals surface area contributed by atoms with Crippen LogP contribution in [-0.2, 0) is 0 Å². The lowest BCUT2D eigenvalue weighted by atomic mass is 10.00. The fourth-order valence-electron chi connectivity index (χ4n) is 2.36. The van der Waals surface area contributed by atoms with Crippen LogP contribution in [0.5, 0.6) is 0 Å². The van der Waals surface area contributed by atoms with Crippen LogP contribution >= 0.6 is 11.8 Å². The van der Waals surface area contributed by atoms with Gasteiger partial charge in [0.25, 0.3) is 0 Å². The Balaban J connectivity index is 1.99. The second-order valence-electron chi connectivity index (χ2n) is 5.70. The quantitative estimate of drug-likeness (QED) is 0.652. The third-order valence-electron chi connectivity index (χ3n) is 3.81. The number of piperidine rings is 1. The molecule has 1 heterocycles. The Labute approximate surface area is 131 Å². The van der Waals surface area contributed by atoms with E-state index in [-0.39, 0.29) is 6.03 Å². The number of benzene rings is 1. The molecule has 0 spiro atoms. The van der Waals surface area contributed by atoms with Gasteiger partial charge in [-0.1, -0.05) is 13.8 Å². The maximum absolute atomic E-state index is 12.3. The fourth-order valence-corrected chi connectivity index (χ4v) is 3.16. The van der Waals surface area contributed by atoms with E-state index in [1.165, 1.54) is 0 Å². The van der Waals surface area contributed by atoms with E-state index in [1.807, 2.05) is 23.1 Å². The highest BCUT2D eigenvalue weighted by Crippen LogP contribution is 2.27. The standard InChI is InChI=1S/C16H25N3OS/c1-3-10-21-13-4-5-14(17)15(11-13)18-16(20)19-8-6-12(2)7-9-19/h4-5,11-12H,3,6-10,17H2,1-2H3,(H,18,20). The normalized spacial score (nSPS) is 16.0. The molecular formula is C16H25N3OS. The highest BCUT2D eigenvalue weighted by Gasteiger charge is 2.20. The van der Waals surface area contributed by atoms with Crippen molar-refractivity contribution >= 4 is 29.2 Å². The van der Waals surface area contributed by atoms with Crippen molar-refractivity contribution < 1.29 is 4.79 Å². The third kappa shape index (κ3) is 4.56. The summed E-state index contributed by atoms with van der Waals surface area (Å²) >= 11 is 1.79. The number of hydrogen-bond acceptors (Lipinski definition) is 3. The van der Waals surface area contributed by atoms with E-state index >= 15 is 0 Å². The second kappa shape index (κ2) is 7.59. The SMILES string of the molecule is CCCSc1ccc(N)c(NC(=O)N2CCC(C)CC2)c1. The van der Waals surface area contributed by atoms with E-state index in [4.69, 9.17) is 5.73 Å². The number of carbonyl (C=O) groups is 1. The van der Waals surface area contributed by atoms with E-state index in [0.717, 1.165) is 48.7 Å². The molecule has 116 valence electrons. The summed E-state index contributed by atoms with van der Waals surface area (Å²) in [4.78, 5) is 15.3. The van der Waals surface area contributed by atoms with E-state index in [1.54, 1.807) is 11.8 Å². The molecule has 1 aliphatic rings. The van der Waals surface area contributed by atoms with Gasteiger partial charge in [0.1, 0.15) is 0 Å². The van der Waals surface area contributed by atoms with Crippen LogP contribution in [0.15, 0.2) is 23.1 Å². The van der Waals surface area contributed by atoms with Gasteiger partial charge in [-0.2, -0.15) is 0 Å². The number of anilines is 2. The summed E-state index contributed by atoms with van der Waals surface area (Å²) in [7, 11) is 0. The summed E-state index contributed by atoms with van der Waals surface area (Å²) in [6.07, 6.45) is 3.29. The zero-order valence-electron chi connectivity index (χ0n) is 12.9. The molecular weight excluding hydrogens is 282 g/mol. The van der Waals surface area contributed by atoms with E-state index in [2.05, 4.69) is 19.2 Å². The summed E-state index contributed by atoms with van der Waals surface area (Å²) in [5.41, 5.74) is 7.32. The number of hydrogen-bond donors (Lipinski definition) is 2. The van der Waals surface area contributed by atoms with Gasteiger partial charge in [0.05, 0.1) is 11.4 Å². The molecule has 21 heavy (non-hydrogen) atoms. The van der Waals surface area contributed by atoms with Gasteiger partial charge in [0, 0.05) is 18.0 Å². The minimum atomic E-state index is -0.0359. The molecule has 0 atom stereocenters. The molecule has 5 heteroatoms. The van der Waals surface area contributed by atoms with E-state index in [0.29, 0.717) is 11.6 Å². The molecule has 0 aliphatic carbocycles. The van der Waals surface area contributed by atoms with Crippen molar-refractivity contribution in [3.63, 3.8) is 0 Å². The minimum absolute atomic E-state index is 0.0359. The highest BCUT2D eigenvalue weighted by molar-refractivity contribution is 7.99. The number of likely N-dealkylation sites (tertiary alicyclic amines) is 1. The Kier molecular flexibility index (Phi) is 5.79. The molecule has 2 amide bonds. The fraction of sp³-hybridized carbons (Fsp3) is 0.562. The maximum atomic E-state index is 12.3. The van der Waals surface area contributed by atoms with Gasteiger partial charge in [-0.05, 0) is 49.1 Å². The first-order valence-corrected chi connectivity index (χ1v) is 8.67. The van der Waals surface area contributed by atoms with Crippen molar-refractivity contribution in [3.8, 4) is 0 Å². The van der Waals surface area contributed by atoms with Crippen molar-refractivity contribution in [3.05, 3.63) is 18.2 Å². The molecule has 1 aromatic carbocycles. The van der Waals surface area contributed by atoms with Crippen LogP contribution in [0.2, 0.25) is 0 Å². The molecule has 2 rings (SSSR count). The molecule has 4 nitrogen and oxygen atoms in total. The lowest BCUT2D eigenvalue weighted by Gasteiger charge is -2.30. The number of carbonyl (C=O) groups excluding carboxylic acids is 1. The van der Waals surface area contributed by atoms with Gasteiger partial charge in [0.2, 0.25) is 0 Å². The van der Waals surface area contributed by atoms with Crippen molar-refractivity contribution in [1.29, 1.82) is 0 Å². The van der Waals surface area contributed by atoms with Crippen molar-refractivity contribution in [1.82, 2.24) is 4.90 Å². The molecule has 0 saturated carbocycles. The summed E-state index contributed by atoms with van der Waals surface area (Å²) in [5.74, 6) is 1.79.